The van der Waals surface area contributed by atoms with E-state index in [1.165, 1.54) is 19.4 Å². The topological polar surface area (TPSA) is 86.3 Å². The summed E-state index contributed by atoms with van der Waals surface area (Å²) in [6, 6.07) is 15.5. The first-order chi connectivity index (χ1) is 17.8. The Morgan fingerprint density at radius 3 is 2.68 bits per heavy atom. The zero-order valence-corrected chi connectivity index (χ0v) is 21.5. The van der Waals surface area contributed by atoms with Crippen molar-refractivity contribution in [1.82, 2.24) is 24.4 Å². The standard InChI is InChI=1S/C25H18BrClF2N6O2/c1-37-21-5-3-2-4-16(21)19-10-20(22(28)29)35-24(31-19)17(11-30-35)25(36)32-23-18(26)13-34(33-23)12-14-6-8-15(27)9-7-14/h2-11,13,22H,12H2,1H3,(H,32,33,36). The molecule has 2 aromatic carbocycles. The van der Waals surface area contributed by atoms with Gasteiger partial charge in [0.25, 0.3) is 12.3 Å². The second-order valence-corrected chi connectivity index (χ2v) is 9.26. The average Bonchev–Trinajstić information content (AvgIpc) is 3.47. The summed E-state index contributed by atoms with van der Waals surface area (Å²) in [6.07, 6.45) is 0.0639. The quantitative estimate of drug-likeness (QED) is 0.243. The van der Waals surface area contributed by atoms with Crippen LogP contribution in [0.25, 0.3) is 16.9 Å². The lowest BCUT2D eigenvalue weighted by Crippen LogP contribution is -2.14. The molecule has 0 radical (unpaired) electrons. The molecular formula is C25H18BrClF2N6O2. The molecule has 0 saturated heterocycles. The Morgan fingerprint density at radius 1 is 1.19 bits per heavy atom. The maximum atomic E-state index is 13.9. The second kappa shape index (κ2) is 10.3. The van der Waals surface area contributed by atoms with E-state index in [1.807, 2.05) is 12.1 Å². The maximum absolute atomic E-state index is 13.9. The van der Waals surface area contributed by atoms with Gasteiger partial charge in [0.2, 0.25) is 0 Å². The first kappa shape index (κ1) is 24.8. The fraction of sp³-hybridized carbons (Fsp3) is 0.120. The van der Waals surface area contributed by atoms with Crippen molar-refractivity contribution in [3.05, 3.63) is 93.3 Å². The molecule has 0 spiro atoms. The van der Waals surface area contributed by atoms with E-state index in [-0.39, 0.29) is 22.7 Å². The number of halogens is 4. The summed E-state index contributed by atoms with van der Waals surface area (Å²) in [5.74, 6) is 0.117. The van der Waals surface area contributed by atoms with Crippen molar-refractivity contribution in [3.63, 3.8) is 0 Å². The van der Waals surface area contributed by atoms with Crippen LogP contribution in [0, 0.1) is 0 Å². The third-order valence-electron chi connectivity index (χ3n) is 5.56. The van der Waals surface area contributed by atoms with Crippen molar-refractivity contribution >= 4 is 44.9 Å². The van der Waals surface area contributed by atoms with Crippen LogP contribution in [0.4, 0.5) is 14.6 Å². The van der Waals surface area contributed by atoms with Gasteiger partial charge in [0, 0.05) is 16.8 Å². The van der Waals surface area contributed by atoms with Crippen molar-refractivity contribution in [2.75, 3.05) is 12.4 Å². The summed E-state index contributed by atoms with van der Waals surface area (Å²) in [4.78, 5) is 17.7. The highest BCUT2D eigenvalue weighted by atomic mass is 79.9. The van der Waals surface area contributed by atoms with Crippen molar-refractivity contribution in [1.29, 1.82) is 0 Å². The number of alkyl halides is 2. The molecule has 0 saturated carbocycles. The third kappa shape index (κ3) is 5.05. The van der Waals surface area contributed by atoms with Gasteiger partial charge in [-0.25, -0.2) is 18.3 Å². The van der Waals surface area contributed by atoms with Gasteiger partial charge in [0.05, 0.1) is 30.0 Å². The summed E-state index contributed by atoms with van der Waals surface area (Å²) >= 11 is 9.34. The number of nitrogens with one attached hydrogen (secondary N) is 1. The highest BCUT2D eigenvalue weighted by Crippen LogP contribution is 2.32. The lowest BCUT2D eigenvalue weighted by Gasteiger charge is -2.11. The molecule has 3 aromatic heterocycles. The number of anilines is 1. The number of benzene rings is 2. The number of carbonyl (C=O) groups excluding carboxylic acids is 1. The van der Waals surface area contributed by atoms with E-state index >= 15 is 0 Å². The Labute approximate surface area is 223 Å². The summed E-state index contributed by atoms with van der Waals surface area (Å²) < 4.78 is 36.4. The lowest BCUT2D eigenvalue weighted by atomic mass is 10.1. The van der Waals surface area contributed by atoms with Gasteiger partial charge in [-0.05, 0) is 51.8 Å². The Hall–Kier alpha value is -3.83. The Morgan fingerprint density at radius 2 is 1.95 bits per heavy atom. The molecule has 0 aliphatic carbocycles. The van der Waals surface area contributed by atoms with Gasteiger partial charge in [0.1, 0.15) is 17.0 Å². The SMILES string of the molecule is COc1ccccc1-c1cc(C(F)F)n2ncc(C(=O)Nc3nn(Cc4ccc(Cl)cc4)cc3Br)c2n1. The molecule has 8 nitrogen and oxygen atoms in total. The fourth-order valence-corrected chi connectivity index (χ4v) is 4.35. The van der Waals surface area contributed by atoms with E-state index in [2.05, 4.69) is 36.4 Å². The largest absolute Gasteiger partial charge is 0.496 e. The second-order valence-electron chi connectivity index (χ2n) is 7.96. The molecule has 3 heterocycles. The number of carbonyl (C=O) groups is 1. The van der Waals surface area contributed by atoms with E-state index in [0.717, 1.165) is 10.1 Å². The van der Waals surface area contributed by atoms with Gasteiger partial charge in [-0.15, -0.1) is 0 Å². The van der Waals surface area contributed by atoms with Gasteiger partial charge in [-0.1, -0.05) is 35.9 Å². The molecule has 0 aliphatic rings. The Balaban J connectivity index is 1.48. The molecule has 0 bridgehead atoms. The highest BCUT2D eigenvalue weighted by molar-refractivity contribution is 9.10. The van der Waals surface area contributed by atoms with E-state index < -0.39 is 18.0 Å². The summed E-state index contributed by atoms with van der Waals surface area (Å²) in [5, 5.41) is 11.8. The van der Waals surface area contributed by atoms with E-state index in [4.69, 9.17) is 16.3 Å². The minimum Gasteiger partial charge on any atom is -0.496 e. The van der Waals surface area contributed by atoms with Gasteiger partial charge in [-0.2, -0.15) is 10.2 Å². The maximum Gasteiger partial charge on any atom is 0.280 e. The van der Waals surface area contributed by atoms with Gasteiger partial charge < -0.3 is 10.1 Å². The van der Waals surface area contributed by atoms with E-state index in [1.54, 1.807) is 47.3 Å². The molecule has 5 aromatic rings. The zero-order chi connectivity index (χ0) is 26.1. The number of hydrogen-bond donors (Lipinski definition) is 1. The molecule has 1 amide bonds. The molecule has 5 rings (SSSR count). The first-order valence-corrected chi connectivity index (χ1v) is 12.1. The molecule has 37 heavy (non-hydrogen) atoms. The third-order valence-corrected chi connectivity index (χ3v) is 6.39. The van der Waals surface area contributed by atoms with Crippen LogP contribution in [0.3, 0.4) is 0 Å². The smallest absolute Gasteiger partial charge is 0.280 e. The summed E-state index contributed by atoms with van der Waals surface area (Å²) in [5.41, 5.74) is 1.28. The average molecular weight is 588 g/mol. The van der Waals surface area contributed by atoms with Crippen molar-refractivity contribution < 1.29 is 18.3 Å². The van der Waals surface area contributed by atoms with Crippen LogP contribution in [0.1, 0.15) is 28.0 Å². The summed E-state index contributed by atoms with van der Waals surface area (Å²) in [7, 11) is 1.48. The normalized spacial score (nSPS) is 11.3. The predicted molar refractivity (Wildman–Crippen MR) is 138 cm³/mol. The molecule has 0 unspecified atom stereocenters. The van der Waals surface area contributed by atoms with Crippen LogP contribution in [-0.4, -0.2) is 37.4 Å². The summed E-state index contributed by atoms with van der Waals surface area (Å²) in [6.45, 7) is 0.448. The van der Waals surface area contributed by atoms with Crippen molar-refractivity contribution in [2.45, 2.75) is 13.0 Å². The predicted octanol–water partition coefficient (Wildman–Crippen LogP) is 6.26. The Kier molecular flexibility index (Phi) is 6.90. The first-order valence-electron chi connectivity index (χ1n) is 10.9. The number of rotatable bonds is 7. The van der Waals surface area contributed by atoms with Crippen LogP contribution in [0.15, 0.2) is 71.5 Å². The van der Waals surface area contributed by atoms with Gasteiger partial charge in [0.15, 0.2) is 11.5 Å². The molecule has 188 valence electrons. The van der Waals surface area contributed by atoms with Crippen molar-refractivity contribution in [2.24, 2.45) is 0 Å². The van der Waals surface area contributed by atoms with Crippen LogP contribution in [0.5, 0.6) is 5.75 Å². The van der Waals surface area contributed by atoms with E-state index in [0.29, 0.717) is 27.4 Å². The Bertz CT molecular complexity index is 1600. The molecule has 0 atom stereocenters. The molecule has 0 fully saturated rings. The fourth-order valence-electron chi connectivity index (χ4n) is 3.81. The minimum atomic E-state index is -2.85. The molecular weight excluding hydrogens is 570 g/mol. The number of aromatic nitrogens is 5. The number of para-hydroxylation sites is 1. The molecule has 0 aliphatic heterocycles. The van der Waals surface area contributed by atoms with E-state index in [9.17, 15) is 13.6 Å². The lowest BCUT2D eigenvalue weighted by molar-refractivity contribution is 0.102. The molecule has 12 heteroatoms. The minimum absolute atomic E-state index is 0.0119. The number of nitrogens with zero attached hydrogens (tertiary/aromatic N) is 5. The van der Waals surface area contributed by atoms with Crippen LogP contribution in [0.2, 0.25) is 5.02 Å². The number of hydrogen-bond acceptors (Lipinski definition) is 5. The highest BCUT2D eigenvalue weighted by Gasteiger charge is 2.23. The van der Waals surface area contributed by atoms with Crippen LogP contribution in [-0.2, 0) is 6.54 Å². The molecule has 1 N–H and O–H groups in total. The number of methoxy groups -OCH3 is 1. The number of fused-ring (bicyclic) bond motifs is 1. The monoisotopic (exact) mass is 586 g/mol. The van der Waals surface area contributed by atoms with Crippen LogP contribution < -0.4 is 10.1 Å². The van der Waals surface area contributed by atoms with Gasteiger partial charge >= 0.3 is 0 Å². The van der Waals surface area contributed by atoms with Gasteiger partial charge in [-0.3, -0.25) is 9.48 Å². The van der Waals surface area contributed by atoms with Crippen molar-refractivity contribution in [3.8, 4) is 17.0 Å². The van der Waals surface area contributed by atoms with Crippen LogP contribution >= 0.6 is 27.5 Å². The zero-order valence-electron chi connectivity index (χ0n) is 19.2. The number of amides is 1. The number of ether oxygens (including phenoxy) is 1.